The molecule has 0 aliphatic carbocycles. The summed E-state index contributed by atoms with van der Waals surface area (Å²) >= 11 is 3.20. The molecule has 0 bridgehead atoms. The van der Waals surface area contributed by atoms with E-state index in [1.54, 1.807) is 6.20 Å². The van der Waals surface area contributed by atoms with Crippen molar-refractivity contribution in [3.05, 3.63) is 29.0 Å². The van der Waals surface area contributed by atoms with Crippen molar-refractivity contribution >= 4 is 34.8 Å². The fourth-order valence-corrected chi connectivity index (χ4v) is 0.613. The third-order valence-corrected chi connectivity index (χ3v) is 1.10. The van der Waals surface area contributed by atoms with Crippen LogP contribution in [0.2, 0.25) is 0 Å². The Morgan fingerprint density at radius 2 is 2.12 bits per heavy atom. The number of rotatable bonds is 0. The predicted molar refractivity (Wildman–Crippen MR) is 39.1 cm³/mol. The third-order valence-electron chi connectivity index (χ3n) is 0.629. The molecule has 0 saturated heterocycles. The Kier molecular flexibility index (Phi) is 4.26. The van der Waals surface area contributed by atoms with Gasteiger partial charge in [0.2, 0.25) is 0 Å². The molecule has 0 aromatic carbocycles. The van der Waals surface area contributed by atoms with Crippen LogP contribution in [-0.2, 0) is 0 Å². The molecule has 0 unspecified atom stereocenters. The van der Waals surface area contributed by atoms with Crippen molar-refractivity contribution in [1.29, 1.82) is 0 Å². The zero-order chi connectivity index (χ0) is 5.11. The molecule has 0 spiro atoms. The van der Waals surface area contributed by atoms with Crippen LogP contribution in [0.1, 0.15) is 0 Å². The van der Waals surface area contributed by atoms with Gasteiger partial charge in [0.1, 0.15) is 4.60 Å². The van der Waals surface area contributed by atoms with E-state index in [2.05, 4.69) is 20.9 Å². The van der Waals surface area contributed by atoms with E-state index in [0.717, 1.165) is 4.60 Å². The number of nitrogens with zero attached hydrogens (tertiary/aromatic N) is 1. The number of hydrogen-bond donors (Lipinski definition) is 0. The van der Waals surface area contributed by atoms with Crippen LogP contribution in [-0.4, -0.2) is 23.8 Å². The van der Waals surface area contributed by atoms with Crippen molar-refractivity contribution in [3.63, 3.8) is 0 Å². The molecule has 1 heterocycles. The summed E-state index contributed by atoms with van der Waals surface area (Å²) in [6, 6.07) is 5.70. The SMILES string of the molecule is Brc1ccccn1.[LiH]. The van der Waals surface area contributed by atoms with E-state index in [4.69, 9.17) is 0 Å². The Bertz CT molecular complexity index is 142. The number of halogens is 1. The minimum absolute atomic E-state index is 0. The Labute approximate surface area is 68.8 Å². The maximum atomic E-state index is 3.90. The Morgan fingerprint density at radius 3 is 2.38 bits per heavy atom. The van der Waals surface area contributed by atoms with Crippen molar-refractivity contribution in [3.8, 4) is 0 Å². The molecule has 0 radical (unpaired) electrons. The summed E-state index contributed by atoms with van der Waals surface area (Å²) < 4.78 is 0.884. The van der Waals surface area contributed by atoms with Gasteiger partial charge >= 0.3 is 18.9 Å². The maximum absolute atomic E-state index is 3.90. The van der Waals surface area contributed by atoms with Crippen LogP contribution in [0.25, 0.3) is 0 Å². The summed E-state index contributed by atoms with van der Waals surface area (Å²) in [5, 5.41) is 0. The van der Waals surface area contributed by atoms with Gasteiger partial charge in [-0.2, -0.15) is 0 Å². The van der Waals surface area contributed by atoms with Crippen molar-refractivity contribution in [2.45, 2.75) is 0 Å². The normalized spacial score (nSPS) is 7.62. The first-order chi connectivity index (χ1) is 3.39. The van der Waals surface area contributed by atoms with Gasteiger partial charge in [0.25, 0.3) is 0 Å². The van der Waals surface area contributed by atoms with Gasteiger partial charge in [-0.3, -0.25) is 0 Å². The summed E-state index contributed by atoms with van der Waals surface area (Å²) in [6.45, 7) is 0. The molecule has 1 aromatic rings. The molecule has 1 rings (SSSR count). The second-order valence-electron chi connectivity index (χ2n) is 1.15. The Balaban J connectivity index is 0.000000490. The van der Waals surface area contributed by atoms with E-state index < -0.39 is 0 Å². The number of aromatic nitrogens is 1. The van der Waals surface area contributed by atoms with Crippen LogP contribution >= 0.6 is 15.9 Å². The van der Waals surface area contributed by atoms with Gasteiger partial charge < -0.3 is 0 Å². The van der Waals surface area contributed by atoms with Gasteiger partial charge in [0.15, 0.2) is 0 Å². The fraction of sp³-hybridized carbons (Fsp3) is 0. The van der Waals surface area contributed by atoms with E-state index in [0.29, 0.717) is 0 Å². The zero-order valence-electron chi connectivity index (χ0n) is 3.63. The zero-order valence-corrected chi connectivity index (χ0v) is 5.22. The van der Waals surface area contributed by atoms with Crippen LogP contribution in [0.15, 0.2) is 29.0 Å². The fourth-order valence-electron chi connectivity index (χ4n) is 0.342. The molecule has 0 N–H and O–H groups in total. The standard InChI is InChI=1S/C5H4BrN.Li.H/c6-5-3-1-2-4-7-5;;/h1-4H;;. The summed E-state index contributed by atoms with van der Waals surface area (Å²) in [6.07, 6.45) is 1.74. The van der Waals surface area contributed by atoms with Gasteiger partial charge in [-0.1, -0.05) is 6.07 Å². The number of pyridine rings is 1. The van der Waals surface area contributed by atoms with Gasteiger partial charge in [-0.05, 0) is 28.1 Å². The summed E-state index contributed by atoms with van der Waals surface area (Å²) in [5.41, 5.74) is 0. The van der Waals surface area contributed by atoms with E-state index >= 15 is 0 Å². The van der Waals surface area contributed by atoms with Gasteiger partial charge in [-0.15, -0.1) is 0 Å². The van der Waals surface area contributed by atoms with Crippen LogP contribution < -0.4 is 0 Å². The molecular weight excluding hydrogens is 161 g/mol. The summed E-state index contributed by atoms with van der Waals surface area (Å²) in [5.74, 6) is 0. The molecular formula is C5H5BrLiN. The topological polar surface area (TPSA) is 12.9 Å². The third kappa shape index (κ3) is 2.51. The first-order valence-electron chi connectivity index (χ1n) is 1.96. The second-order valence-corrected chi connectivity index (χ2v) is 1.96. The quantitative estimate of drug-likeness (QED) is 0.416. The van der Waals surface area contributed by atoms with Gasteiger partial charge in [-0.25, -0.2) is 4.98 Å². The first-order valence-corrected chi connectivity index (χ1v) is 2.75. The van der Waals surface area contributed by atoms with E-state index in [1.807, 2.05) is 18.2 Å². The second kappa shape index (κ2) is 4.14. The number of hydrogen-bond acceptors (Lipinski definition) is 1. The van der Waals surface area contributed by atoms with Crippen molar-refractivity contribution in [1.82, 2.24) is 4.98 Å². The molecule has 0 amide bonds. The average Bonchev–Trinajstić information content (AvgIpc) is 1.69. The molecule has 3 heteroatoms. The van der Waals surface area contributed by atoms with Gasteiger partial charge in [0.05, 0.1) is 0 Å². The van der Waals surface area contributed by atoms with Crippen LogP contribution in [0.4, 0.5) is 0 Å². The molecule has 1 aromatic heterocycles. The molecule has 8 heavy (non-hydrogen) atoms. The molecule has 0 atom stereocenters. The van der Waals surface area contributed by atoms with Gasteiger partial charge in [0, 0.05) is 6.20 Å². The predicted octanol–water partition coefficient (Wildman–Crippen LogP) is 1.20. The molecule has 38 valence electrons. The molecule has 1 nitrogen and oxygen atoms in total. The van der Waals surface area contributed by atoms with Crippen molar-refractivity contribution in [2.24, 2.45) is 0 Å². The van der Waals surface area contributed by atoms with E-state index in [1.165, 1.54) is 0 Å². The average molecular weight is 166 g/mol. The van der Waals surface area contributed by atoms with Crippen molar-refractivity contribution < 1.29 is 0 Å². The molecule has 0 aliphatic heterocycles. The first kappa shape index (κ1) is 8.23. The summed E-state index contributed by atoms with van der Waals surface area (Å²) in [4.78, 5) is 3.90. The van der Waals surface area contributed by atoms with E-state index in [-0.39, 0.29) is 18.9 Å². The molecule has 0 saturated carbocycles. The molecule has 0 fully saturated rings. The Hall–Kier alpha value is 0.227. The molecule has 0 aliphatic rings. The van der Waals surface area contributed by atoms with Crippen LogP contribution in [0, 0.1) is 0 Å². The van der Waals surface area contributed by atoms with Crippen LogP contribution in [0.3, 0.4) is 0 Å². The summed E-state index contributed by atoms with van der Waals surface area (Å²) in [7, 11) is 0. The van der Waals surface area contributed by atoms with Crippen LogP contribution in [0.5, 0.6) is 0 Å². The van der Waals surface area contributed by atoms with Crippen molar-refractivity contribution in [2.75, 3.05) is 0 Å². The minimum atomic E-state index is 0. The monoisotopic (exact) mass is 165 g/mol. The van der Waals surface area contributed by atoms with E-state index in [9.17, 15) is 0 Å². The Morgan fingerprint density at radius 1 is 1.38 bits per heavy atom.